The first-order valence-electron chi connectivity index (χ1n) is 24.9. The minimum absolute atomic E-state index is 0.00499. The van der Waals surface area contributed by atoms with E-state index in [1.807, 2.05) is 0 Å². The highest BCUT2D eigenvalue weighted by molar-refractivity contribution is 6.11. The summed E-state index contributed by atoms with van der Waals surface area (Å²) >= 11 is 0. The smallest absolute Gasteiger partial charge is 0.340 e. The lowest BCUT2D eigenvalue weighted by molar-refractivity contribution is -0.286. The highest BCUT2D eigenvalue weighted by Gasteiger charge is 2.72. The molecule has 0 saturated carbocycles. The quantitative estimate of drug-likeness (QED) is 0.123. The van der Waals surface area contributed by atoms with Crippen molar-refractivity contribution in [2.75, 3.05) is 91.9 Å². The molecule has 1 saturated heterocycles. The summed E-state index contributed by atoms with van der Waals surface area (Å²) in [6, 6.07) is 5.91. The van der Waals surface area contributed by atoms with Crippen LogP contribution in [0.3, 0.4) is 0 Å². The SMILES string of the molecule is COc1cc(C(=O)O[C@@H]2O[C@@H]3COC(=O)c4cc(OC)c(OC)c(OC)c4-c4c(cc(OC)c(OC)c4OC)C(=O)O[C@@H]4[C@H]2OC(=O)c2cc(OC)c(OC)c5c2[C@@H]2C(=CC(=O)[C@](CC(C)=O)(OC)[C@]2(O)O5)C(=O)O[C@@H]43)cc(OC)c1OC. The number of carbonyl (C=O) groups excluding carboxylic acids is 7. The van der Waals surface area contributed by atoms with Crippen molar-refractivity contribution in [3.8, 4) is 80.1 Å². The minimum Gasteiger partial charge on any atom is -0.493 e. The van der Waals surface area contributed by atoms with E-state index in [1.54, 1.807) is 0 Å². The number of cyclic esters (lactones) is 1. The van der Waals surface area contributed by atoms with Crippen LogP contribution in [-0.2, 0) is 47.5 Å². The first kappa shape index (κ1) is 58.4. The first-order chi connectivity index (χ1) is 39.8. The zero-order chi connectivity index (χ0) is 60.1. The largest absolute Gasteiger partial charge is 0.493 e. The Morgan fingerprint density at radius 1 is 0.554 bits per heavy atom. The highest BCUT2D eigenvalue weighted by Crippen LogP contribution is 2.62. The van der Waals surface area contributed by atoms with Gasteiger partial charge in [-0.25, -0.2) is 24.0 Å². The van der Waals surface area contributed by atoms with Gasteiger partial charge < -0.3 is 95.1 Å². The van der Waals surface area contributed by atoms with Crippen molar-refractivity contribution in [3.05, 3.63) is 69.8 Å². The maximum absolute atomic E-state index is 15.8. The molecule has 0 aromatic heterocycles. The molecule has 9 rings (SSSR count). The summed E-state index contributed by atoms with van der Waals surface area (Å²) in [5.74, 6) is -15.5. The Bertz CT molecular complexity index is 3370. The van der Waals surface area contributed by atoms with Gasteiger partial charge >= 0.3 is 29.8 Å². The number of hydrogen-bond donors (Lipinski definition) is 1. The van der Waals surface area contributed by atoms with E-state index < -0.39 is 125 Å². The lowest BCUT2D eigenvalue weighted by Gasteiger charge is -2.47. The Morgan fingerprint density at radius 2 is 1.02 bits per heavy atom. The van der Waals surface area contributed by atoms with Crippen molar-refractivity contribution in [3.63, 3.8) is 0 Å². The Morgan fingerprint density at radius 3 is 1.53 bits per heavy atom. The summed E-state index contributed by atoms with van der Waals surface area (Å²) in [7, 11) is 14.8. The van der Waals surface area contributed by atoms with Gasteiger partial charge in [0.2, 0.25) is 41.0 Å². The summed E-state index contributed by atoms with van der Waals surface area (Å²) in [5, 5.41) is 13.1. The number of aliphatic hydroxyl groups is 1. The number of fused-ring (bicyclic) bond motifs is 3. The van der Waals surface area contributed by atoms with Crippen LogP contribution < -0.4 is 56.8 Å². The van der Waals surface area contributed by atoms with Gasteiger partial charge in [0.05, 0.1) is 112 Å². The molecule has 1 aliphatic carbocycles. The van der Waals surface area contributed by atoms with Crippen LogP contribution in [-0.4, -0.2) is 181 Å². The molecule has 0 unspecified atom stereocenters. The van der Waals surface area contributed by atoms with E-state index in [0.717, 1.165) is 32.2 Å². The van der Waals surface area contributed by atoms with Gasteiger partial charge in [0.1, 0.15) is 18.5 Å². The van der Waals surface area contributed by atoms with Gasteiger partial charge in [-0.15, -0.1) is 0 Å². The number of benzene rings is 4. The predicted octanol–water partition coefficient (Wildman–Crippen LogP) is 3.91. The number of hydrogen-bond acceptors (Lipinski definition) is 27. The third-order valence-corrected chi connectivity index (χ3v) is 14.7. The third kappa shape index (κ3) is 9.14. The van der Waals surface area contributed by atoms with Crippen molar-refractivity contribution in [2.45, 2.75) is 61.4 Å². The number of Topliss-reactive ketones (excluding diaryl/α,β-unsaturated/α-hetero) is 1. The van der Waals surface area contributed by atoms with Gasteiger partial charge in [0.25, 0.3) is 5.79 Å². The lowest BCUT2D eigenvalue weighted by atomic mass is 9.67. The van der Waals surface area contributed by atoms with Crippen molar-refractivity contribution in [1.82, 2.24) is 0 Å². The molecular formula is C56H56O27. The molecule has 442 valence electrons. The van der Waals surface area contributed by atoms with Crippen LogP contribution in [0.15, 0.2) is 42.0 Å². The highest BCUT2D eigenvalue weighted by atomic mass is 16.8. The minimum atomic E-state index is -3.10. The van der Waals surface area contributed by atoms with Gasteiger partial charge in [0, 0.05) is 30.2 Å². The molecule has 0 spiro atoms. The van der Waals surface area contributed by atoms with E-state index in [4.69, 9.17) is 90.0 Å². The van der Waals surface area contributed by atoms with Gasteiger partial charge in [-0.2, -0.15) is 0 Å². The Hall–Kier alpha value is -9.21. The fourth-order valence-corrected chi connectivity index (χ4v) is 11.0. The molecule has 0 radical (unpaired) electrons. The topological polar surface area (TPSA) is 315 Å². The van der Waals surface area contributed by atoms with Gasteiger partial charge in [0.15, 0.2) is 64.0 Å². The standard InChI is InChI=1S/C56H56O27/c1-22(57)20-55(76-13)34(58)19-27-38-37-26(18-32(69-6)42(73-10)46(37)83-56(38,55)64)52(62)81-48-47-43(79-53(27)63)33(78-54(48)82-49(59)23-14-28(65-2)39(70-7)29(15-23)66-3)21-77-50(60)24-16-30(67-4)40(71-8)44(74-11)35(24)36-25(51(61)80-47)17-31(68-5)41(72-9)45(36)75-12/h14-19,33,38,43,47-48,54,64H,20-21H2,1-13H3/t33-,38+,43-,47+,48-,54+,55+,56-/m1/s1. The summed E-state index contributed by atoms with van der Waals surface area (Å²) in [6.45, 7) is 0.118. The molecule has 4 bridgehead atoms. The average Bonchev–Trinajstić information content (AvgIpc) is 1.68. The summed E-state index contributed by atoms with van der Waals surface area (Å²) in [6.07, 6.45) is -10.9. The molecule has 83 heavy (non-hydrogen) atoms. The predicted molar refractivity (Wildman–Crippen MR) is 276 cm³/mol. The number of esters is 5. The van der Waals surface area contributed by atoms with Crippen LogP contribution >= 0.6 is 0 Å². The number of methoxy groups -OCH3 is 12. The average molecular weight is 1160 g/mol. The zero-order valence-electron chi connectivity index (χ0n) is 46.9. The maximum Gasteiger partial charge on any atom is 0.340 e. The second kappa shape index (κ2) is 22.6. The van der Waals surface area contributed by atoms with Crippen molar-refractivity contribution < 1.29 is 129 Å². The molecule has 4 aromatic rings. The van der Waals surface area contributed by atoms with Crippen molar-refractivity contribution >= 4 is 41.4 Å². The molecule has 4 aromatic carbocycles. The Balaban J connectivity index is 1.35. The van der Waals surface area contributed by atoms with Crippen LogP contribution in [0.1, 0.15) is 66.3 Å². The normalized spacial score (nSPS) is 23.9. The third-order valence-electron chi connectivity index (χ3n) is 14.7. The lowest BCUT2D eigenvalue weighted by Crippen LogP contribution is -2.67. The maximum atomic E-state index is 15.8. The van der Waals surface area contributed by atoms with Crippen LogP contribution in [0.25, 0.3) is 11.1 Å². The van der Waals surface area contributed by atoms with Gasteiger partial charge in [-0.05, 0) is 43.3 Å². The van der Waals surface area contributed by atoms with Gasteiger partial charge in [-0.3, -0.25) is 9.59 Å². The summed E-state index contributed by atoms with van der Waals surface area (Å²) < 4.78 is 112. The molecular weight excluding hydrogens is 1100 g/mol. The summed E-state index contributed by atoms with van der Waals surface area (Å²) in [4.78, 5) is 104. The molecule has 0 amide bonds. The summed E-state index contributed by atoms with van der Waals surface area (Å²) in [5.41, 5.74) is -5.95. The Kier molecular flexibility index (Phi) is 15.9. The molecule has 5 aliphatic rings. The number of ether oxygens (including phenoxy) is 19. The molecule has 1 fully saturated rings. The number of ketones is 2. The first-order valence-corrected chi connectivity index (χ1v) is 24.9. The molecule has 4 heterocycles. The molecule has 4 aliphatic heterocycles. The van der Waals surface area contributed by atoms with E-state index in [2.05, 4.69) is 0 Å². The second-order valence-electron chi connectivity index (χ2n) is 18.7. The molecule has 27 heteroatoms. The molecule has 27 nitrogen and oxygen atoms in total. The van der Waals surface area contributed by atoms with Crippen molar-refractivity contribution in [2.24, 2.45) is 0 Å². The van der Waals surface area contributed by atoms with E-state index in [1.165, 1.54) is 96.4 Å². The Labute approximate surface area is 472 Å². The van der Waals surface area contributed by atoms with Crippen molar-refractivity contribution in [1.29, 1.82) is 0 Å². The van der Waals surface area contributed by atoms with Crippen LogP contribution in [0, 0.1) is 0 Å². The fraction of sp³-hybridized carbons (Fsp3) is 0.411. The number of rotatable bonds is 16. The number of carbonyl (C=O) groups is 7. The van der Waals surface area contributed by atoms with E-state index in [9.17, 15) is 19.5 Å². The van der Waals surface area contributed by atoms with Crippen LogP contribution in [0.5, 0.6) is 69.0 Å². The van der Waals surface area contributed by atoms with E-state index in [0.29, 0.717) is 0 Å². The van der Waals surface area contributed by atoms with Crippen LogP contribution in [0.4, 0.5) is 0 Å². The zero-order valence-corrected chi connectivity index (χ0v) is 46.9. The van der Waals surface area contributed by atoms with Gasteiger partial charge in [-0.1, -0.05) is 0 Å². The second-order valence-corrected chi connectivity index (χ2v) is 18.7. The molecule has 8 atom stereocenters. The van der Waals surface area contributed by atoms with Crippen LogP contribution in [0.2, 0.25) is 0 Å². The van der Waals surface area contributed by atoms with E-state index in [-0.39, 0.29) is 91.1 Å². The monoisotopic (exact) mass is 1160 g/mol. The van der Waals surface area contributed by atoms with E-state index >= 15 is 19.2 Å². The fourth-order valence-electron chi connectivity index (χ4n) is 11.0. The molecule has 1 N–H and O–H groups in total.